The van der Waals surface area contributed by atoms with Crippen LogP contribution < -0.4 is 0 Å². The van der Waals surface area contributed by atoms with E-state index in [1.807, 2.05) is 12.1 Å². The average molecular weight is 321 g/mol. The molecule has 1 unspecified atom stereocenters. The van der Waals surface area contributed by atoms with Crippen molar-refractivity contribution < 1.29 is 8.83 Å². The van der Waals surface area contributed by atoms with Gasteiger partial charge in [0.25, 0.3) is 0 Å². The molecule has 0 fully saturated rings. The highest BCUT2D eigenvalue weighted by Crippen LogP contribution is 2.26. The lowest BCUT2D eigenvalue weighted by molar-refractivity contribution is 0.505. The number of hydrogen-bond donors (Lipinski definition) is 0. The molecule has 3 aromatic heterocycles. The van der Waals surface area contributed by atoms with Gasteiger partial charge < -0.3 is 8.83 Å². The van der Waals surface area contributed by atoms with Crippen molar-refractivity contribution in [3.8, 4) is 0 Å². The zero-order chi connectivity index (χ0) is 16.7. The first-order valence-corrected chi connectivity index (χ1v) is 8.18. The van der Waals surface area contributed by atoms with Crippen LogP contribution in [0.25, 0.3) is 22.2 Å². The van der Waals surface area contributed by atoms with E-state index in [2.05, 4.69) is 47.9 Å². The Labute approximate surface area is 139 Å². The highest BCUT2D eigenvalue weighted by atomic mass is 16.3. The van der Waals surface area contributed by atoms with Gasteiger partial charge in [-0.2, -0.15) is 0 Å². The van der Waals surface area contributed by atoms with Gasteiger partial charge in [0.1, 0.15) is 11.0 Å². The van der Waals surface area contributed by atoms with Gasteiger partial charge in [-0.1, -0.05) is 26.8 Å². The van der Waals surface area contributed by atoms with Crippen molar-refractivity contribution in [2.75, 3.05) is 0 Å². The molecule has 0 saturated carbocycles. The molecule has 4 aromatic rings. The van der Waals surface area contributed by atoms with Crippen molar-refractivity contribution in [1.82, 2.24) is 15.0 Å². The molecule has 3 heterocycles. The summed E-state index contributed by atoms with van der Waals surface area (Å²) in [5.41, 5.74) is 5.51. The second-order valence-electron chi connectivity index (χ2n) is 6.52. The first-order chi connectivity index (χ1) is 11.6. The van der Waals surface area contributed by atoms with Crippen LogP contribution in [0.15, 0.2) is 45.7 Å². The zero-order valence-corrected chi connectivity index (χ0v) is 14.0. The van der Waals surface area contributed by atoms with Crippen molar-refractivity contribution >= 4 is 22.2 Å². The molecule has 0 radical (unpaired) electrons. The van der Waals surface area contributed by atoms with Crippen molar-refractivity contribution in [2.24, 2.45) is 0 Å². The van der Waals surface area contributed by atoms with Gasteiger partial charge in [-0.25, -0.2) is 9.97 Å². The molecule has 122 valence electrons. The van der Waals surface area contributed by atoms with Crippen LogP contribution in [0.5, 0.6) is 0 Å². The summed E-state index contributed by atoms with van der Waals surface area (Å²) in [6, 6.07) is 8.18. The maximum Gasteiger partial charge on any atom is 0.196 e. The van der Waals surface area contributed by atoms with Crippen LogP contribution in [0.1, 0.15) is 49.8 Å². The monoisotopic (exact) mass is 321 g/mol. The highest BCUT2D eigenvalue weighted by molar-refractivity contribution is 5.73. The van der Waals surface area contributed by atoms with E-state index < -0.39 is 0 Å². The molecule has 0 saturated heterocycles. The number of benzene rings is 1. The fourth-order valence-corrected chi connectivity index (χ4v) is 2.85. The van der Waals surface area contributed by atoms with Crippen LogP contribution in [-0.4, -0.2) is 15.0 Å². The van der Waals surface area contributed by atoms with Crippen LogP contribution in [0.4, 0.5) is 0 Å². The summed E-state index contributed by atoms with van der Waals surface area (Å²) in [5, 5.41) is 0. The predicted octanol–water partition coefficient (Wildman–Crippen LogP) is 4.83. The largest absolute Gasteiger partial charge is 0.442 e. The molecular formula is C19H19N3O2. The van der Waals surface area contributed by atoms with Crippen molar-refractivity contribution in [1.29, 1.82) is 0 Å². The van der Waals surface area contributed by atoms with Crippen molar-refractivity contribution in [2.45, 2.75) is 39.0 Å². The molecule has 0 aliphatic rings. The number of aromatic nitrogens is 3. The van der Waals surface area contributed by atoms with E-state index in [0.717, 1.165) is 28.2 Å². The Hall–Kier alpha value is -2.69. The van der Waals surface area contributed by atoms with Crippen molar-refractivity contribution in [3.05, 3.63) is 54.0 Å². The van der Waals surface area contributed by atoms with Crippen LogP contribution in [0, 0.1) is 0 Å². The molecule has 0 aliphatic heterocycles. The maximum atomic E-state index is 5.89. The second kappa shape index (κ2) is 5.74. The van der Waals surface area contributed by atoms with Gasteiger partial charge in [-0.3, -0.25) is 4.98 Å². The number of fused-ring (bicyclic) bond motifs is 2. The number of oxazole rings is 2. The Morgan fingerprint density at radius 3 is 2.71 bits per heavy atom. The SMILES string of the molecule is CC(C)c1ccc2oc(CC(C)c3cc4ncoc4cn3)nc2c1. The summed E-state index contributed by atoms with van der Waals surface area (Å²) in [5.74, 6) is 1.40. The third kappa shape index (κ3) is 2.66. The Balaban J connectivity index is 1.60. The van der Waals surface area contributed by atoms with Crippen LogP contribution in [-0.2, 0) is 6.42 Å². The zero-order valence-electron chi connectivity index (χ0n) is 14.0. The first-order valence-electron chi connectivity index (χ1n) is 8.18. The molecule has 1 atom stereocenters. The van der Waals surface area contributed by atoms with Crippen molar-refractivity contribution in [3.63, 3.8) is 0 Å². The Morgan fingerprint density at radius 2 is 1.88 bits per heavy atom. The summed E-state index contributed by atoms with van der Waals surface area (Å²) in [6.07, 6.45) is 3.85. The summed E-state index contributed by atoms with van der Waals surface area (Å²) >= 11 is 0. The van der Waals surface area contributed by atoms with Gasteiger partial charge in [0.15, 0.2) is 23.5 Å². The quantitative estimate of drug-likeness (QED) is 0.538. The van der Waals surface area contributed by atoms with Gasteiger partial charge >= 0.3 is 0 Å². The maximum absolute atomic E-state index is 5.89. The van der Waals surface area contributed by atoms with E-state index in [4.69, 9.17) is 8.83 Å². The minimum absolute atomic E-state index is 0.184. The lowest BCUT2D eigenvalue weighted by Crippen LogP contribution is -2.01. The van der Waals surface area contributed by atoms with Gasteiger partial charge in [0.2, 0.25) is 0 Å². The number of nitrogens with zero attached hydrogens (tertiary/aromatic N) is 3. The molecule has 5 nitrogen and oxygen atoms in total. The average Bonchev–Trinajstić information content (AvgIpc) is 3.18. The molecule has 0 aliphatic carbocycles. The minimum atomic E-state index is 0.184. The molecule has 24 heavy (non-hydrogen) atoms. The Morgan fingerprint density at radius 1 is 1.00 bits per heavy atom. The van der Waals surface area contributed by atoms with E-state index in [1.165, 1.54) is 12.0 Å². The summed E-state index contributed by atoms with van der Waals surface area (Å²) in [7, 11) is 0. The topological polar surface area (TPSA) is 65.0 Å². The van der Waals surface area contributed by atoms with Crippen LogP contribution in [0.2, 0.25) is 0 Å². The molecule has 0 bridgehead atoms. The minimum Gasteiger partial charge on any atom is -0.442 e. The van der Waals surface area contributed by atoms with Gasteiger partial charge in [-0.15, -0.1) is 0 Å². The highest BCUT2D eigenvalue weighted by Gasteiger charge is 2.15. The van der Waals surface area contributed by atoms with E-state index >= 15 is 0 Å². The molecule has 5 heteroatoms. The molecule has 0 N–H and O–H groups in total. The van der Waals surface area contributed by atoms with E-state index in [-0.39, 0.29) is 5.92 Å². The molecule has 0 spiro atoms. The Kier molecular flexibility index (Phi) is 3.56. The van der Waals surface area contributed by atoms with E-state index in [9.17, 15) is 0 Å². The standard InChI is InChI=1S/C19H19N3O2/c1-11(2)13-4-5-17-16(7-13)22-19(24-17)6-12(3)14-8-15-18(9-20-14)23-10-21-15/h4-5,7-12H,6H2,1-3H3. The molecular weight excluding hydrogens is 302 g/mol. The normalized spacial score (nSPS) is 13.2. The predicted molar refractivity (Wildman–Crippen MR) is 92.0 cm³/mol. The fourth-order valence-electron chi connectivity index (χ4n) is 2.85. The Bertz CT molecular complexity index is 1000. The number of rotatable bonds is 4. The molecule has 4 rings (SSSR count). The lowest BCUT2D eigenvalue weighted by atomic mass is 10.0. The molecule has 0 amide bonds. The van der Waals surface area contributed by atoms with Gasteiger partial charge in [0.05, 0.1) is 6.20 Å². The second-order valence-corrected chi connectivity index (χ2v) is 6.52. The smallest absolute Gasteiger partial charge is 0.196 e. The number of pyridine rings is 1. The summed E-state index contributed by atoms with van der Waals surface area (Å²) < 4.78 is 11.1. The van der Waals surface area contributed by atoms with Crippen LogP contribution >= 0.6 is 0 Å². The van der Waals surface area contributed by atoms with Gasteiger partial charge in [0, 0.05) is 18.0 Å². The first kappa shape index (κ1) is 14.9. The van der Waals surface area contributed by atoms with Crippen LogP contribution in [0.3, 0.4) is 0 Å². The lowest BCUT2D eigenvalue weighted by Gasteiger charge is -2.07. The van der Waals surface area contributed by atoms with E-state index in [1.54, 1.807) is 6.20 Å². The molecule has 1 aromatic carbocycles. The van der Waals surface area contributed by atoms with E-state index in [0.29, 0.717) is 17.9 Å². The number of hydrogen-bond acceptors (Lipinski definition) is 5. The third-order valence-electron chi connectivity index (χ3n) is 4.35. The van der Waals surface area contributed by atoms with Gasteiger partial charge in [-0.05, 0) is 29.7 Å². The summed E-state index contributed by atoms with van der Waals surface area (Å²) in [4.78, 5) is 13.3. The third-order valence-corrected chi connectivity index (χ3v) is 4.35. The summed E-state index contributed by atoms with van der Waals surface area (Å²) in [6.45, 7) is 6.47. The fraction of sp³-hybridized carbons (Fsp3) is 0.316.